The van der Waals surface area contributed by atoms with Crippen molar-refractivity contribution in [1.82, 2.24) is 5.32 Å². The molecule has 3 N–H and O–H groups in total. The summed E-state index contributed by atoms with van der Waals surface area (Å²) in [5.74, 6) is 0. The highest BCUT2D eigenvalue weighted by molar-refractivity contribution is 4.83. The molecule has 0 radical (unpaired) electrons. The zero-order valence-corrected chi connectivity index (χ0v) is 8.83. The smallest absolute Gasteiger partial charge is 0.0699 e. The lowest BCUT2D eigenvalue weighted by Crippen LogP contribution is -2.52. The van der Waals surface area contributed by atoms with Gasteiger partial charge in [-0.05, 0) is 26.2 Å². The molecule has 1 heterocycles. The molecule has 0 aliphatic carbocycles. The Morgan fingerprint density at radius 3 is 2.57 bits per heavy atom. The summed E-state index contributed by atoms with van der Waals surface area (Å²) in [6.45, 7) is 3.22. The summed E-state index contributed by atoms with van der Waals surface area (Å²) >= 11 is 0. The molecule has 0 aromatic carbocycles. The van der Waals surface area contributed by atoms with E-state index in [2.05, 4.69) is 5.32 Å². The third kappa shape index (κ3) is 3.53. The van der Waals surface area contributed by atoms with Crippen LogP contribution >= 0.6 is 0 Å². The van der Waals surface area contributed by atoms with Gasteiger partial charge in [0.2, 0.25) is 0 Å². The first-order chi connectivity index (χ1) is 6.70. The van der Waals surface area contributed by atoms with E-state index in [0.717, 1.165) is 19.4 Å². The van der Waals surface area contributed by atoms with E-state index in [-0.39, 0.29) is 19.3 Å². The minimum atomic E-state index is -0.583. The average Bonchev–Trinajstić information content (AvgIpc) is 2.27. The maximum Gasteiger partial charge on any atom is 0.0699 e. The molecule has 4 nitrogen and oxygen atoms in total. The molecular formula is C10H21NO3. The highest BCUT2D eigenvalue weighted by Gasteiger charge is 2.23. The van der Waals surface area contributed by atoms with Crippen molar-refractivity contribution in [3.05, 3.63) is 0 Å². The van der Waals surface area contributed by atoms with Crippen LogP contribution in [0.1, 0.15) is 26.2 Å². The monoisotopic (exact) mass is 203 g/mol. The summed E-state index contributed by atoms with van der Waals surface area (Å²) in [7, 11) is 0. The summed E-state index contributed by atoms with van der Waals surface area (Å²) < 4.78 is 5.54. The van der Waals surface area contributed by atoms with Gasteiger partial charge in [-0.3, -0.25) is 0 Å². The van der Waals surface area contributed by atoms with Gasteiger partial charge in [0.25, 0.3) is 0 Å². The largest absolute Gasteiger partial charge is 0.394 e. The normalized spacial score (nSPS) is 23.8. The van der Waals surface area contributed by atoms with Gasteiger partial charge in [-0.15, -0.1) is 0 Å². The van der Waals surface area contributed by atoms with Gasteiger partial charge in [0.1, 0.15) is 0 Å². The number of nitrogens with one attached hydrogen (secondary N) is 1. The number of ether oxygens (including phenoxy) is 1. The number of aliphatic hydroxyl groups is 2. The van der Waals surface area contributed by atoms with Gasteiger partial charge in [0.15, 0.2) is 0 Å². The van der Waals surface area contributed by atoms with Crippen LogP contribution in [0.5, 0.6) is 0 Å². The molecule has 1 fully saturated rings. The zero-order valence-electron chi connectivity index (χ0n) is 8.83. The summed E-state index contributed by atoms with van der Waals surface area (Å²) in [5.41, 5.74) is -0.583. The zero-order chi connectivity index (χ0) is 10.4. The lowest BCUT2D eigenvalue weighted by atomic mass is 10.0. The van der Waals surface area contributed by atoms with Crippen molar-refractivity contribution in [2.75, 3.05) is 26.4 Å². The van der Waals surface area contributed by atoms with Crippen molar-refractivity contribution in [3.63, 3.8) is 0 Å². The Balaban J connectivity index is 2.23. The van der Waals surface area contributed by atoms with Crippen LogP contribution in [-0.4, -0.2) is 48.2 Å². The van der Waals surface area contributed by atoms with Gasteiger partial charge < -0.3 is 20.3 Å². The summed E-state index contributed by atoms with van der Waals surface area (Å²) in [4.78, 5) is 0. The van der Waals surface area contributed by atoms with Crippen LogP contribution in [0.15, 0.2) is 0 Å². The van der Waals surface area contributed by atoms with Crippen LogP contribution in [0.4, 0.5) is 0 Å². The quantitative estimate of drug-likeness (QED) is 0.583. The Bertz CT molecular complexity index is 153. The van der Waals surface area contributed by atoms with E-state index in [0.29, 0.717) is 6.54 Å². The fourth-order valence-corrected chi connectivity index (χ4v) is 1.49. The van der Waals surface area contributed by atoms with Crippen molar-refractivity contribution in [2.24, 2.45) is 0 Å². The first-order valence-electron chi connectivity index (χ1n) is 5.28. The number of aliphatic hydroxyl groups excluding tert-OH is 2. The SMILES string of the molecule is CC(CO)(CO)NCC1CCCCO1. The second-order valence-corrected chi connectivity index (χ2v) is 4.25. The Hall–Kier alpha value is -0.160. The van der Waals surface area contributed by atoms with Crippen molar-refractivity contribution >= 4 is 0 Å². The predicted molar refractivity (Wildman–Crippen MR) is 54.2 cm³/mol. The van der Waals surface area contributed by atoms with Gasteiger partial charge in [0, 0.05) is 13.2 Å². The third-order valence-electron chi connectivity index (χ3n) is 2.73. The molecule has 0 aromatic rings. The van der Waals surface area contributed by atoms with Gasteiger partial charge in [0.05, 0.1) is 24.9 Å². The second-order valence-electron chi connectivity index (χ2n) is 4.25. The molecule has 1 aliphatic heterocycles. The van der Waals surface area contributed by atoms with E-state index in [1.165, 1.54) is 6.42 Å². The molecular weight excluding hydrogens is 182 g/mol. The average molecular weight is 203 g/mol. The predicted octanol–water partition coefficient (Wildman–Crippen LogP) is -0.112. The Labute approximate surface area is 85.3 Å². The Morgan fingerprint density at radius 2 is 2.07 bits per heavy atom. The second kappa shape index (κ2) is 5.66. The van der Waals surface area contributed by atoms with Crippen LogP contribution in [0.2, 0.25) is 0 Å². The molecule has 0 saturated carbocycles. The lowest BCUT2D eigenvalue weighted by molar-refractivity contribution is 0.00530. The minimum Gasteiger partial charge on any atom is -0.394 e. The first-order valence-corrected chi connectivity index (χ1v) is 5.28. The van der Waals surface area contributed by atoms with Gasteiger partial charge in [-0.2, -0.15) is 0 Å². The summed E-state index contributed by atoms with van der Waals surface area (Å²) in [5, 5.41) is 21.2. The first kappa shape index (κ1) is 11.9. The van der Waals surface area contributed by atoms with E-state index in [1.54, 1.807) is 6.92 Å². The molecule has 1 atom stereocenters. The van der Waals surface area contributed by atoms with Crippen LogP contribution < -0.4 is 5.32 Å². The molecule has 4 heteroatoms. The summed E-state index contributed by atoms with van der Waals surface area (Å²) in [6, 6.07) is 0. The fourth-order valence-electron chi connectivity index (χ4n) is 1.49. The topological polar surface area (TPSA) is 61.7 Å². The van der Waals surface area contributed by atoms with E-state index >= 15 is 0 Å². The molecule has 0 aromatic heterocycles. The van der Waals surface area contributed by atoms with Gasteiger partial charge in [-0.25, -0.2) is 0 Å². The highest BCUT2D eigenvalue weighted by Crippen LogP contribution is 2.12. The van der Waals surface area contributed by atoms with Crippen LogP contribution in [-0.2, 0) is 4.74 Å². The van der Waals surface area contributed by atoms with E-state index in [4.69, 9.17) is 14.9 Å². The van der Waals surface area contributed by atoms with E-state index in [1.807, 2.05) is 0 Å². The summed E-state index contributed by atoms with van der Waals surface area (Å²) in [6.07, 6.45) is 3.66. The minimum absolute atomic E-state index is 0.0593. The highest BCUT2D eigenvalue weighted by atomic mass is 16.5. The molecule has 1 aliphatic rings. The molecule has 1 rings (SSSR count). The molecule has 0 spiro atoms. The van der Waals surface area contributed by atoms with Crippen molar-refractivity contribution in [3.8, 4) is 0 Å². The number of hydrogen-bond donors (Lipinski definition) is 3. The Morgan fingerprint density at radius 1 is 1.36 bits per heavy atom. The number of hydrogen-bond acceptors (Lipinski definition) is 4. The maximum atomic E-state index is 9.05. The van der Waals surface area contributed by atoms with Gasteiger partial charge >= 0.3 is 0 Å². The molecule has 0 bridgehead atoms. The van der Waals surface area contributed by atoms with Crippen molar-refractivity contribution in [2.45, 2.75) is 37.8 Å². The third-order valence-corrected chi connectivity index (χ3v) is 2.73. The molecule has 0 amide bonds. The maximum absolute atomic E-state index is 9.05. The van der Waals surface area contributed by atoms with Crippen molar-refractivity contribution in [1.29, 1.82) is 0 Å². The fraction of sp³-hybridized carbons (Fsp3) is 1.00. The Kier molecular flexibility index (Phi) is 4.81. The standard InChI is InChI=1S/C10H21NO3/c1-10(7-12,8-13)11-6-9-4-2-3-5-14-9/h9,11-13H,2-8H2,1H3. The van der Waals surface area contributed by atoms with Crippen LogP contribution in [0, 0.1) is 0 Å². The molecule has 1 saturated heterocycles. The van der Waals surface area contributed by atoms with Gasteiger partial charge in [-0.1, -0.05) is 0 Å². The van der Waals surface area contributed by atoms with E-state index < -0.39 is 5.54 Å². The van der Waals surface area contributed by atoms with E-state index in [9.17, 15) is 0 Å². The van der Waals surface area contributed by atoms with Crippen LogP contribution in [0.25, 0.3) is 0 Å². The molecule has 14 heavy (non-hydrogen) atoms. The molecule has 84 valence electrons. The molecule has 1 unspecified atom stereocenters. The number of rotatable bonds is 5. The van der Waals surface area contributed by atoms with Crippen LogP contribution in [0.3, 0.4) is 0 Å². The van der Waals surface area contributed by atoms with Crippen molar-refractivity contribution < 1.29 is 14.9 Å². The lowest BCUT2D eigenvalue weighted by Gasteiger charge is -2.30.